The van der Waals surface area contributed by atoms with Crippen molar-refractivity contribution in [3.8, 4) is 0 Å². The van der Waals surface area contributed by atoms with Gasteiger partial charge in [-0.05, 0) is 44.7 Å². The van der Waals surface area contributed by atoms with Crippen LogP contribution in [0.25, 0.3) is 0 Å². The van der Waals surface area contributed by atoms with Crippen molar-refractivity contribution in [1.29, 1.82) is 0 Å². The molecule has 0 heterocycles. The topological polar surface area (TPSA) is 55.1 Å². The molecule has 1 saturated carbocycles. The largest absolute Gasteiger partial charge is 0.355 e. The summed E-state index contributed by atoms with van der Waals surface area (Å²) in [6, 6.07) is 8.43. The maximum Gasteiger partial charge on any atom is 0.230 e. The molecular formula is C17H27ClN2O. The zero-order valence-electron chi connectivity index (χ0n) is 12.9. The third-order valence-corrected chi connectivity index (χ3v) is 4.38. The second-order valence-corrected chi connectivity index (χ2v) is 5.91. The van der Waals surface area contributed by atoms with Crippen molar-refractivity contribution in [3.63, 3.8) is 0 Å². The monoisotopic (exact) mass is 310 g/mol. The second-order valence-electron chi connectivity index (χ2n) is 5.91. The standard InChI is InChI=1S/C17H26N2O.ClH/c1-14-7-6-8-15(13-14)17(9-2-3-10-17)16(20)19-12-5-4-11-18;/h6-8,13H,2-5,9-12,18H2,1H3,(H,19,20);1H. The molecule has 0 saturated heterocycles. The third-order valence-electron chi connectivity index (χ3n) is 4.38. The predicted octanol–water partition coefficient (Wildman–Crippen LogP) is 3.08. The Balaban J connectivity index is 0.00000220. The van der Waals surface area contributed by atoms with Gasteiger partial charge in [0.2, 0.25) is 5.91 Å². The summed E-state index contributed by atoms with van der Waals surface area (Å²) < 4.78 is 0. The minimum atomic E-state index is -0.297. The molecule has 118 valence electrons. The number of benzene rings is 1. The van der Waals surface area contributed by atoms with E-state index >= 15 is 0 Å². The zero-order valence-corrected chi connectivity index (χ0v) is 13.7. The van der Waals surface area contributed by atoms with Crippen LogP contribution >= 0.6 is 12.4 Å². The van der Waals surface area contributed by atoms with Gasteiger partial charge in [0.1, 0.15) is 0 Å². The Morgan fingerprint density at radius 2 is 2.00 bits per heavy atom. The molecule has 0 aliphatic heterocycles. The van der Waals surface area contributed by atoms with Gasteiger partial charge in [0.15, 0.2) is 0 Å². The number of aryl methyl sites for hydroxylation is 1. The first kappa shape index (κ1) is 18.0. The van der Waals surface area contributed by atoms with Gasteiger partial charge in [-0.25, -0.2) is 0 Å². The van der Waals surface area contributed by atoms with Crippen LogP contribution in [0.1, 0.15) is 49.7 Å². The molecule has 1 aliphatic carbocycles. The Labute approximate surface area is 134 Å². The molecule has 4 heteroatoms. The summed E-state index contributed by atoms with van der Waals surface area (Å²) in [7, 11) is 0. The van der Waals surface area contributed by atoms with Crippen molar-refractivity contribution in [3.05, 3.63) is 35.4 Å². The Morgan fingerprint density at radius 3 is 2.62 bits per heavy atom. The normalized spacial score (nSPS) is 16.3. The molecule has 0 aromatic heterocycles. The smallest absolute Gasteiger partial charge is 0.230 e. The van der Waals surface area contributed by atoms with Gasteiger partial charge < -0.3 is 11.1 Å². The number of carbonyl (C=O) groups excluding carboxylic acids is 1. The number of hydrogen-bond acceptors (Lipinski definition) is 2. The summed E-state index contributed by atoms with van der Waals surface area (Å²) in [4.78, 5) is 12.7. The van der Waals surface area contributed by atoms with E-state index in [0.717, 1.165) is 45.1 Å². The molecule has 3 N–H and O–H groups in total. The maximum absolute atomic E-state index is 12.7. The lowest BCUT2D eigenvalue weighted by Gasteiger charge is -2.28. The van der Waals surface area contributed by atoms with Crippen molar-refractivity contribution in [2.45, 2.75) is 50.9 Å². The van der Waals surface area contributed by atoms with E-state index in [9.17, 15) is 4.79 Å². The van der Waals surface area contributed by atoms with Crippen LogP contribution in [0.15, 0.2) is 24.3 Å². The summed E-state index contributed by atoms with van der Waals surface area (Å²) in [6.45, 7) is 3.52. The summed E-state index contributed by atoms with van der Waals surface area (Å²) in [5.74, 6) is 0.206. The first-order valence-electron chi connectivity index (χ1n) is 7.74. The van der Waals surface area contributed by atoms with E-state index in [4.69, 9.17) is 5.73 Å². The molecule has 0 atom stereocenters. The van der Waals surface area contributed by atoms with E-state index < -0.39 is 0 Å². The molecule has 21 heavy (non-hydrogen) atoms. The van der Waals surface area contributed by atoms with E-state index in [0.29, 0.717) is 6.54 Å². The summed E-state index contributed by atoms with van der Waals surface area (Å²) in [5, 5.41) is 3.12. The van der Waals surface area contributed by atoms with Gasteiger partial charge in [-0.15, -0.1) is 12.4 Å². The van der Waals surface area contributed by atoms with E-state index in [2.05, 4.69) is 36.5 Å². The molecular weight excluding hydrogens is 284 g/mol. The van der Waals surface area contributed by atoms with Crippen LogP contribution in [0.3, 0.4) is 0 Å². The molecule has 0 spiro atoms. The van der Waals surface area contributed by atoms with Gasteiger partial charge in [0, 0.05) is 6.54 Å². The highest BCUT2D eigenvalue weighted by Gasteiger charge is 2.42. The highest BCUT2D eigenvalue weighted by Crippen LogP contribution is 2.41. The van der Waals surface area contributed by atoms with E-state index in [-0.39, 0.29) is 23.7 Å². The van der Waals surface area contributed by atoms with E-state index in [1.54, 1.807) is 0 Å². The molecule has 3 nitrogen and oxygen atoms in total. The first-order chi connectivity index (χ1) is 9.69. The second kappa shape index (κ2) is 8.40. The van der Waals surface area contributed by atoms with Crippen molar-refractivity contribution < 1.29 is 4.79 Å². The van der Waals surface area contributed by atoms with Crippen molar-refractivity contribution in [1.82, 2.24) is 5.32 Å². The van der Waals surface area contributed by atoms with Gasteiger partial charge in [0.25, 0.3) is 0 Å². The molecule has 1 fully saturated rings. The Kier molecular flexibility index (Phi) is 7.20. The fraction of sp³-hybridized carbons (Fsp3) is 0.588. The van der Waals surface area contributed by atoms with Crippen LogP contribution in [-0.4, -0.2) is 19.0 Å². The molecule has 0 unspecified atom stereocenters. The molecule has 0 bridgehead atoms. The average molecular weight is 311 g/mol. The highest BCUT2D eigenvalue weighted by atomic mass is 35.5. The third kappa shape index (κ3) is 4.21. The van der Waals surface area contributed by atoms with Crippen LogP contribution in [-0.2, 0) is 10.2 Å². The highest BCUT2D eigenvalue weighted by molar-refractivity contribution is 5.88. The molecule has 1 amide bonds. The fourth-order valence-corrected chi connectivity index (χ4v) is 3.21. The Bertz CT molecular complexity index is 456. The molecule has 2 rings (SSSR count). The maximum atomic E-state index is 12.7. The predicted molar refractivity (Wildman–Crippen MR) is 89.9 cm³/mol. The molecule has 1 aromatic carbocycles. The minimum Gasteiger partial charge on any atom is -0.355 e. The summed E-state index contributed by atoms with van der Waals surface area (Å²) >= 11 is 0. The van der Waals surface area contributed by atoms with Gasteiger partial charge >= 0.3 is 0 Å². The molecule has 1 aromatic rings. The number of amides is 1. The number of unbranched alkanes of at least 4 members (excludes halogenated alkanes) is 1. The summed E-state index contributed by atoms with van der Waals surface area (Å²) in [5.41, 5.74) is 7.60. The van der Waals surface area contributed by atoms with Crippen molar-refractivity contribution >= 4 is 18.3 Å². The van der Waals surface area contributed by atoms with Gasteiger partial charge in [0.05, 0.1) is 5.41 Å². The lowest BCUT2D eigenvalue weighted by molar-refractivity contribution is -0.126. The van der Waals surface area contributed by atoms with Crippen LogP contribution in [0, 0.1) is 6.92 Å². The van der Waals surface area contributed by atoms with Gasteiger partial charge in [-0.2, -0.15) is 0 Å². The number of rotatable bonds is 6. The number of nitrogens with two attached hydrogens (primary N) is 1. The number of carbonyl (C=O) groups is 1. The van der Waals surface area contributed by atoms with Crippen LogP contribution in [0.4, 0.5) is 0 Å². The van der Waals surface area contributed by atoms with Crippen LogP contribution in [0.5, 0.6) is 0 Å². The SMILES string of the molecule is Cc1cccc(C2(C(=O)NCCCCN)CCCC2)c1.Cl. The zero-order chi connectivity index (χ0) is 14.4. The lowest BCUT2D eigenvalue weighted by atomic mass is 9.77. The number of halogens is 1. The quantitative estimate of drug-likeness (QED) is 0.793. The minimum absolute atomic E-state index is 0. The lowest BCUT2D eigenvalue weighted by Crippen LogP contribution is -2.43. The Hall–Kier alpha value is -1.06. The van der Waals surface area contributed by atoms with Gasteiger partial charge in [-0.1, -0.05) is 42.7 Å². The number of nitrogens with one attached hydrogen (secondary N) is 1. The first-order valence-corrected chi connectivity index (χ1v) is 7.74. The van der Waals surface area contributed by atoms with E-state index in [1.165, 1.54) is 11.1 Å². The van der Waals surface area contributed by atoms with Crippen molar-refractivity contribution in [2.24, 2.45) is 5.73 Å². The van der Waals surface area contributed by atoms with E-state index in [1.807, 2.05) is 0 Å². The summed E-state index contributed by atoms with van der Waals surface area (Å²) in [6.07, 6.45) is 6.16. The van der Waals surface area contributed by atoms with Crippen LogP contribution in [0.2, 0.25) is 0 Å². The fourth-order valence-electron chi connectivity index (χ4n) is 3.21. The van der Waals surface area contributed by atoms with Crippen molar-refractivity contribution in [2.75, 3.05) is 13.1 Å². The average Bonchev–Trinajstić information content (AvgIpc) is 2.94. The number of hydrogen-bond donors (Lipinski definition) is 2. The van der Waals surface area contributed by atoms with Gasteiger partial charge in [-0.3, -0.25) is 4.79 Å². The Morgan fingerprint density at radius 1 is 1.29 bits per heavy atom. The molecule has 0 radical (unpaired) electrons. The van der Waals surface area contributed by atoms with Crippen LogP contribution < -0.4 is 11.1 Å². The molecule has 1 aliphatic rings.